The maximum atomic E-state index is 14.1. The Hall–Kier alpha value is -3.50. The topological polar surface area (TPSA) is 92.2 Å². The van der Waals surface area contributed by atoms with Gasteiger partial charge in [0, 0.05) is 20.0 Å². The van der Waals surface area contributed by atoms with Crippen LogP contribution in [0.5, 0.6) is 0 Å². The van der Waals surface area contributed by atoms with Gasteiger partial charge in [-0.1, -0.05) is 44.0 Å². The van der Waals surface area contributed by atoms with E-state index in [1.807, 2.05) is 19.1 Å². The molecule has 0 atom stereocenters. The Morgan fingerprint density at radius 1 is 0.853 bits per heavy atom. The van der Waals surface area contributed by atoms with E-state index >= 15 is 0 Å². The van der Waals surface area contributed by atoms with Gasteiger partial charge in [-0.2, -0.15) is 0 Å². The van der Waals surface area contributed by atoms with E-state index in [0.29, 0.717) is 21.1 Å². The molecule has 0 aliphatic carbocycles. The molecule has 0 saturated heterocycles. The standard InChI is InChI=1S/C24H17Br2FN4O3/c1-13-3-2-4-17(9-13)28-22(32)21-11-14-10-15(25)6-8-20(14)31(21)30-24(34)23(33)29-19-7-5-16(26)12-18(19)27/h2-12H,1H3,(H,28,32)(H,29,33)(H,30,34). The molecular formula is C24H17Br2FN4O3. The third kappa shape index (κ3) is 5.18. The van der Waals surface area contributed by atoms with Gasteiger partial charge >= 0.3 is 11.8 Å². The Balaban J connectivity index is 1.63. The first-order chi connectivity index (χ1) is 16.2. The summed E-state index contributed by atoms with van der Waals surface area (Å²) in [6.07, 6.45) is 0. The van der Waals surface area contributed by atoms with Gasteiger partial charge in [-0.05, 0) is 67.1 Å². The number of aromatic nitrogens is 1. The zero-order valence-electron chi connectivity index (χ0n) is 17.7. The number of aryl methyl sites for hydroxylation is 1. The van der Waals surface area contributed by atoms with Gasteiger partial charge in [0.1, 0.15) is 11.5 Å². The predicted octanol–water partition coefficient (Wildman–Crippen LogP) is 5.57. The lowest BCUT2D eigenvalue weighted by Crippen LogP contribution is -2.36. The number of rotatable bonds is 4. The Morgan fingerprint density at radius 3 is 2.32 bits per heavy atom. The summed E-state index contributed by atoms with van der Waals surface area (Å²) >= 11 is 6.52. The summed E-state index contributed by atoms with van der Waals surface area (Å²) in [5, 5.41) is 5.68. The number of halogens is 3. The fourth-order valence-corrected chi connectivity index (χ4v) is 4.03. The first-order valence-electron chi connectivity index (χ1n) is 9.97. The molecular weight excluding hydrogens is 571 g/mol. The molecule has 0 radical (unpaired) electrons. The second-order valence-corrected chi connectivity index (χ2v) is 9.24. The highest BCUT2D eigenvalue weighted by Crippen LogP contribution is 2.24. The van der Waals surface area contributed by atoms with Crippen molar-refractivity contribution >= 4 is 71.9 Å². The molecule has 0 spiro atoms. The lowest BCUT2D eigenvalue weighted by Gasteiger charge is -2.13. The highest BCUT2D eigenvalue weighted by atomic mass is 79.9. The van der Waals surface area contributed by atoms with Crippen LogP contribution >= 0.6 is 31.9 Å². The molecule has 0 bridgehead atoms. The van der Waals surface area contributed by atoms with Crippen molar-refractivity contribution in [3.8, 4) is 0 Å². The van der Waals surface area contributed by atoms with Gasteiger partial charge in [-0.25, -0.2) is 9.07 Å². The fourth-order valence-electron chi connectivity index (χ4n) is 3.31. The van der Waals surface area contributed by atoms with Crippen molar-refractivity contribution in [2.24, 2.45) is 0 Å². The van der Waals surface area contributed by atoms with E-state index < -0.39 is 23.5 Å². The van der Waals surface area contributed by atoms with Crippen LogP contribution < -0.4 is 16.1 Å². The first kappa shape index (κ1) is 23.7. The fraction of sp³-hybridized carbons (Fsp3) is 0.0417. The molecule has 1 heterocycles. The number of carbonyl (C=O) groups excluding carboxylic acids is 3. The second kappa shape index (κ2) is 9.78. The molecule has 0 saturated carbocycles. The summed E-state index contributed by atoms with van der Waals surface area (Å²) in [5.74, 6) is -3.36. The summed E-state index contributed by atoms with van der Waals surface area (Å²) in [5.41, 5.74) is 4.43. The van der Waals surface area contributed by atoms with E-state index in [1.165, 1.54) is 22.9 Å². The Morgan fingerprint density at radius 2 is 1.59 bits per heavy atom. The third-order valence-corrected chi connectivity index (χ3v) is 5.86. The van der Waals surface area contributed by atoms with Crippen LogP contribution in [0.1, 0.15) is 16.1 Å². The largest absolute Gasteiger partial charge is 0.328 e. The van der Waals surface area contributed by atoms with Crippen LogP contribution in [-0.2, 0) is 9.59 Å². The van der Waals surface area contributed by atoms with Crippen LogP contribution in [0.25, 0.3) is 10.9 Å². The van der Waals surface area contributed by atoms with Crippen molar-refractivity contribution in [2.75, 3.05) is 16.1 Å². The van der Waals surface area contributed by atoms with Crippen LogP contribution in [0.2, 0.25) is 0 Å². The minimum atomic E-state index is -1.09. The molecule has 34 heavy (non-hydrogen) atoms. The Kier molecular flexibility index (Phi) is 6.80. The van der Waals surface area contributed by atoms with Crippen LogP contribution in [-0.4, -0.2) is 22.4 Å². The summed E-state index contributed by atoms with van der Waals surface area (Å²) in [7, 11) is 0. The number of nitrogens with zero attached hydrogens (tertiary/aromatic N) is 1. The Labute approximate surface area is 210 Å². The highest BCUT2D eigenvalue weighted by molar-refractivity contribution is 9.10. The van der Waals surface area contributed by atoms with Gasteiger partial charge in [0.2, 0.25) is 0 Å². The number of hydrogen-bond acceptors (Lipinski definition) is 3. The molecule has 1 aromatic heterocycles. The van der Waals surface area contributed by atoms with Crippen molar-refractivity contribution < 1.29 is 18.8 Å². The zero-order chi connectivity index (χ0) is 24.4. The number of fused-ring (bicyclic) bond motifs is 1. The zero-order valence-corrected chi connectivity index (χ0v) is 20.8. The Bertz CT molecular complexity index is 1450. The summed E-state index contributed by atoms with van der Waals surface area (Å²) < 4.78 is 16.6. The average molecular weight is 588 g/mol. The molecule has 10 heteroatoms. The van der Waals surface area contributed by atoms with E-state index in [2.05, 4.69) is 47.9 Å². The van der Waals surface area contributed by atoms with Gasteiger partial charge in [0.15, 0.2) is 0 Å². The van der Waals surface area contributed by atoms with Crippen LogP contribution in [0.3, 0.4) is 0 Å². The molecule has 0 fully saturated rings. The molecule has 3 amide bonds. The van der Waals surface area contributed by atoms with Crippen LogP contribution in [0.4, 0.5) is 15.8 Å². The maximum absolute atomic E-state index is 14.1. The lowest BCUT2D eigenvalue weighted by atomic mass is 10.2. The van der Waals surface area contributed by atoms with E-state index in [-0.39, 0.29) is 11.4 Å². The molecule has 4 aromatic rings. The molecule has 0 aliphatic heterocycles. The van der Waals surface area contributed by atoms with Gasteiger partial charge in [-0.15, -0.1) is 0 Å². The number of carbonyl (C=O) groups is 3. The SMILES string of the molecule is Cc1cccc(NC(=O)c2cc3cc(Br)ccc3n2NC(=O)C(=O)Nc2ccc(Br)cc2F)c1. The van der Waals surface area contributed by atoms with Crippen molar-refractivity contribution in [3.63, 3.8) is 0 Å². The maximum Gasteiger partial charge on any atom is 0.328 e. The number of benzene rings is 3. The van der Waals surface area contributed by atoms with Gasteiger partial charge in [-0.3, -0.25) is 19.8 Å². The smallest absolute Gasteiger partial charge is 0.321 e. The minimum absolute atomic E-state index is 0.102. The summed E-state index contributed by atoms with van der Waals surface area (Å²) in [6.45, 7) is 1.90. The average Bonchev–Trinajstić information content (AvgIpc) is 3.13. The molecule has 7 nitrogen and oxygen atoms in total. The van der Waals surface area contributed by atoms with E-state index in [9.17, 15) is 18.8 Å². The summed E-state index contributed by atoms with van der Waals surface area (Å²) in [6, 6.07) is 18.1. The normalized spacial score (nSPS) is 10.7. The van der Waals surface area contributed by atoms with E-state index in [4.69, 9.17) is 0 Å². The van der Waals surface area contributed by atoms with Gasteiger partial charge in [0.05, 0.1) is 11.2 Å². The number of amides is 3. The van der Waals surface area contributed by atoms with Gasteiger partial charge in [0.25, 0.3) is 5.91 Å². The number of nitrogens with one attached hydrogen (secondary N) is 3. The summed E-state index contributed by atoms with van der Waals surface area (Å²) in [4.78, 5) is 38.2. The molecule has 4 rings (SSSR count). The van der Waals surface area contributed by atoms with E-state index in [1.54, 1.807) is 36.4 Å². The number of anilines is 2. The molecule has 172 valence electrons. The molecule has 3 N–H and O–H groups in total. The molecule has 0 aliphatic rings. The number of hydrogen-bond donors (Lipinski definition) is 3. The lowest BCUT2D eigenvalue weighted by molar-refractivity contribution is -0.133. The van der Waals surface area contributed by atoms with E-state index in [0.717, 1.165) is 10.0 Å². The minimum Gasteiger partial charge on any atom is -0.321 e. The van der Waals surface area contributed by atoms with Crippen LogP contribution in [0, 0.1) is 12.7 Å². The first-order valence-corrected chi connectivity index (χ1v) is 11.6. The van der Waals surface area contributed by atoms with Crippen molar-refractivity contribution in [1.29, 1.82) is 0 Å². The second-order valence-electron chi connectivity index (χ2n) is 7.41. The monoisotopic (exact) mass is 586 g/mol. The third-order valence-electron chi connectivity index (χ3n) is 4.87. The van der Waals surface area contributed by atoms with Crippen molar-refractivity contribution in [3.05, 3.63) is 92.8 Å². The molecule has 0 unspecified atom stereocenters. The predicted molar refractivity (Wildman–Crippen MR) is 136 cm³/mol. The van der Waals surface area contributed by atoms with Gasteiger partial charge < -0.3 is 10.6 Å². The quantitative estimate of drug-likeness (QED) is 0.272. The van der Waals surface area contributed by atoms with Crippen LogP contribution in [0.15, 0.2) is 75.7 Å². The molecule has 3 aromatic carbocycles. The highest BCUT2D eigenvalue weighted by Gasteiger charge is 2.22. The van der Waals surface area contributed by atoms with Crippen molar-refractivity contribution in [1.82, 2.24) is 4.68 Å². The van der Waals surface area contributed by atoms with Crippen molar-refractivity contribution in [2.45, 2.75) is 6.92 Å².